The Bertz CT molecular complexity index is 166. The minimum Gasteiger partial charge on any atom is -0.393 e. The molecule has 1 heterocycles. The molecule has 2 fully saturated rings. The van der Waals surface area contributed by atoms with Crippen molar-refractivity contribution in [3.05, 3.63) is 0 Å². The fourth-order valence-electron chi connectivity index (χ4n) is 2.57. The Hall–Kier alpha value is -0.120. The molecule has 3 nitrogen and oxygen atoms in total. The van der Waals surface area contributed by atoms with Gasteiger partial charge >= 0.3 is 0 Å². The van der Waals surface area contributed by atoms with Gasteiger partial charge in [-0.2, -0.15) is 0 Å². The smallest absolute Gasteiger partial charge is 0.0541 e. The quantitative estimate of drug-likeness (QED) is 0.617. The Morgan fingerprint density at radius 2 is 1.77 bits per heavy atom. The van der Waals surface area contributed by atoms with Crippen molar-refractivity contribution in [3.8, 4) is 0 Å². The van der Waals surface area contributed by atoms with E-state index in [1.165, 1.54) is 6.54 Å². The topological polar surface area (TPSA) is 49.5 Å². The maximum atomic E-state index is 9.38. The lowest BCUT2D eigenvalue weighted by molar-refractivity contribution is 0.0832. The first-order valence-electron chi connectivity index (χ1n) is 5.43. The maximum absolute atomic E-state index is 9.38. The Kier molecular flexibility index (Phi) is 2.86. The molecule has 3 heteroatoms. The van der Waals surface area contributed by atoms with E-state index in [1.54, 1.807) is 0 Å². The summed E-state index contributed by atoms with van der Waals surface area (Å²) < 4.78 is 0. The summed E-state index contributed by atoms with van der Waals surface area (Å²) >= 11 is 0. The Morgan fingerprint density at radius 1 is 1.08 bits per heavy atom. The van der Waals surface area contributed by atoms with Gasteiger partial charge in [-0.05, 0) is 32.1 Å². The molecule has 0 aromatic carbocycles. The predicted octanol–water partition coefficient (Wildman–Crippen LogP) is 0.323. The first-order valence-corrected chi connectivity index (χ1v) is 5.43. The molecular formula is C10H20N2O. The average molecular weight is 184 g/mol. The van der Waals surface area contributed by atoms with Crippen molar-refractivity contribution in [2.75, 3.05) is 13.1 Å². The second-order valence-corrected chi connectivity index (χ2v) is 4.51. The average Bonchev–Trinajstić information content (AvgIpc) is 2.53. The first kappa shape index (κ1) is 9.44. The standard InChI is InChI=1S/C10H20N2O/c11-8-5-6-12(7-8)9-1-3-10(13)4-2-9/h8-10,13H,1-7,11H2. The van der Waals surface area contributed by atoms with Crippen LogP contribution in [0.25, 0.3) is 0 Å². The van der Waals surface area contributed by atoms with Gasteiger partial charge in [-0.3, -0.25) is 4.90 Å². The summed E-state index contributed by atoms with van der Waals surface area (Å²) in [5, 5.41) is 9.38. The van der Waals surface area contributed by atoms with E-state index in [2.05, 4.69) is 4.90 Å². The molecule has 0 bridgehead atoms. The zero-order chi connectivity index (χ0) is 9.26. The van der Waals surface area contributed by atoms with E-state index in [4.69, 9.17) is 5.73 Å². The van der Waals surface area contributed by atoms with Crippen molar-refractivity contribution >= 4 is 0 Å². The van der Waals surface area contributed by atoms with Crippen molar-refractivity contribution in [1.29, 1.82) is 0 Å². The van der Waals surface area contributed by atoms with Crippen LogP contribution in [-0.4, -0.2) is 41.3 Å². The lowest BCUT2D eigenvalue weighted by Gasteiger charge is -2.32. The van der Waals surface area contributed by atoms with E-state index >= 15 is 0 Å². The highest BCUT2D eigenvalue weighted by molar-refractivity contribution is 4.86. The summed E-state index contributed by atoms with van der Waals surface area (Å²) in [6.45, 7) is 2.24. The molecule has 0 spiro atoms. The molecule has 0 aromatic rings. The number of rotatable bonds is 1. The van der Waals surface area contributed by atoms with Crippen LogP contribution in [0.5, 0.6) is 0 Å². The van der Waals surface area contributed by atoms with Gasteiger partial charge in [0.1, 0.15) is 0 Å². The normalized spacial score (nSPS) is 42.5. The monoisotopic (exact) mass is 184 g/mol. The number of hydrogen-bond donors (Lipinski definition) is 2. The molecule has 13 heavy (non-hydrogen) atoms. The summed E-state index contributed by atoms with van der Waals surface area (Å²) in [5.41, 5.74) is 5.87. The van der Waals surface area contributed by atoms with Crippen molar-refractivity contribution in [2.45, 2.75) is 50.3 Å². The van der Waals surface area contributed by atoms with Crippen molar-refractivity contribution in [1.82, 2.24) is 4.90 Å². The molecule has 1 aliphatic heterocycles. The number of aliphatic hydroxyl groups is 1. The van der Waals surface area contributed by atoms with Gasteiger partial charge in [0.15, 0.2) is 0 Å². The van der Waals surface area contributed by atoms with Crippen LogP contribution in [0.4, 0.5) is 0 Å². The van der Waals surface area contributed by atoms with Crippen LogP contribution in [0.1, 0.15) is 32.1 Å². The largest absolute Gasteiger partial charge is 0.393 e. The predicted molar refractivity (Wildman–Crippen MR) is 52.4 cm³/mol. The minimum atomic E-state index is -0.0347. The molecule has 1 unspecified atom stereocenters. The molecule has 1 saturated heterocycles. The number of nitrogens with zero attached hydrogens (tertiary/aromatic N) is 1. The molecule has 0 aromatic heterocycles. The molecular weight excluding hydrogens is 164 g/mol. The van der Waals surface area contributed by atoms with Gasteiger partial charge in [0.25, 0.3) is 0 Å². The SMILES string of the molecule is NC1CCN(C2CCC(O)CC2)C1. The van der Waals surface area contributed by atoms with Crippen molar-refractivity contribution < 1.29 is 5.11 Å². The molecule has 2 aliphatic rings. The van der Waals surface area contributed by atoms with E-state index in [-0.39, 0.29) is 6.10 Å². The van der Waals surface area contributed by atoms with E-state index in [9.17, 15) is 5.11 Å². The second kappa shape index (κ2) is 3.95. The fraction of sp³-hybridized carbons (Fsp3) is 1.00. The van der Waals surface area contributed by atoms with Gasteiger partial charge in [-0.15, -0.1) is 0 Å². The second-order valence-electron chi connectivity index (χ2n) is 4.51. The van der Waals surface area contributed by atoms with E-state index in [1.807, 2.05) is 0 Å². The van der Waals surface area contributed by atoms with Crippen LogP contribution in [0.2, 0.25) is 0 Å². The Morgan fingerprint density at radius 3 is 2.31 bits per heavy atom. The van der Waals surface area contributed by atoms with E-state index in [0.717, 1.165) is 38.6 Å². The number of nitrogens with two attached hydrogens (primary N) is 1. The van der Waals surface area contributed by atoms with Gasteiger partial charge in [0.2, 0.25) is 0 Å². The maximum Gasteiger partial charge on any atom is 0.0541 e. The van der Waals surface area contributed by atoms with Crippen LogP contribution >= 0.6 is 0 Å². The highest BCUT2D eigenvalue weighted by atomic mass is 16.3. The van der Waals surface area contributed by atoms with Gasteiger partial charge < -0.3 is 10.8 Å². The van der Waals surface area contributed by atoms with E-state index < -0.39 is 0 Å². The third-order valence-electron chi connectivity index (χ3n) is 3.44. The molecule has 3 N–H and O–H groups in total. The lowest BCUT2D eigenvalue weighted by atomic mass is 9.92. The van der Waals surface area contributed by atoms with Gasteiger partial charge in [-0.25, -0.2) is 0 Å². The Balaban J connectivity index is 1.81. The zero-order valence-corrected chi connectivity index (χ0v) is 8.15. The third-order valence-corrected chi connectivity index (χ3v) is 3.44. The summed E-state index contributed by atoms with van der Waals surface area (Å²) in [6, 6.07) is 1.10. The molecule has 2 rings (SSSR count). The van der Waals surface area contributed by atoms with Crippen molar-refractivity contribution in [3.63, 3.8) is 0 Å². The molecule has 0 radical (unpaired) electrons. The number of hydrogen-bond acceptors (Lipinski definition) is 3. The van der Waals surface area contributed by atoms with Crippen molar-refractivity contribution in [2.24, 2.45) is 5.73 Å². The summed E-state index contributed by atoms with van der Waals surface area (Å²) in [7, 11) is 0. The van der Waals surface area contributed by atoms with Gasteiger partial charge in [0, 0.05) is 25.2 Å². The lowest BCUT2D eigenvalue weighted by Crippen LogP contribution is -2.38. The van der Waals surface area contributed by atoms with Crippen LogP contribution < -0.4 is 5.73 Å². The summed E-state index contributed by atoms with van der Waals surface area (Å²) in [4.78, 5) is 2.51. The zero-order valence-electron chi connectivity index (χ0n) is 8.15. The van der Waals surface area contributed by atoms with Gasteiger partial charge in [0.05, 0.1) is 6.10 Å². The fourth-order valence-corrected chi connectivity index (χ4v) is 2.57. The van der Waals surface area contributed by atoms with E-state index in [0.29, 0.717) is 12.1 Å². The highest BCUT2D eigenvalue weighted by Crippen LogP contribution is 2.25. The molecule has 0 amide bonds. The minimum absolute atomic E-state index is 0.0347. The molecule has 1 atom stereocenters. The van der Waals surface area contributed by atoms with Gasteiger partial charge in [-0.1, -0.05) is 0 Å². The molecule has 1 saturated carbocycles. The molecule has 76 valence electrons. The highest BCUT2D eigenvalue weighted by Gasteiger charge is 2.29. The third kappa shape index (κ3) is 2.22. The summed E-state index contributed by atoms with van der Waals surface area (Å²) in [5.74, 6) is 0. The van der Waals surface area contributed by atoms with Crippen LogP contribution in [-0.2, 0) is 0 Å². The first-order chi connectivity index (χ1) is 6.25. The summed E-state index contributed by atoms with van der Waals surface area (Å²) in [6.07, 6.45) is 5.40. The van der Waals surface area contributed by atoms with Crippen LogP contribution in [0.3, 0.4) is 0 Å². The number of aliphatic hydroxyl groups excluding tert-OH is 1. The Labute approximate surface area is 79.9 Å². The molecule has 1 aliphatic carbocycles. The number of likely N-dealkylation sites (tertiary alicyclic amines) is 1. The van der Waals surface area contributed by atoms with Crippen LogP contribution in [0.15, 0.2) is 0 Å². The van der Waals surface area contributed by atoms with Crippen LogP contribution in [0, 0.1) is 0 Å².